The largest absolute Gasteiger partial charge is 0.397 e. The fraction of sp³-hybridized carbons (Fsp3) is 0. The zero-order valence-electron chi connectivity index (χ0n) is 8.37. The molecular weight excluding hydrogens is 288 g/mol. The van der Waals surface area contributed by atoms with Gasteiger partial charge >= 0.3 is 0 Å². The summed E-state index contributed by atoms with van der Waals surface area (Å²) < 4.78 is 1.04. The molecule has 3 N–H and O–H groups in total. The van der Waals surface area contributed by atoms with Crippen LogP contribution in [0.5, 0.6) is 0 Å². The molecule has 0 aliphatic heterocycles. The third-order valence-electron chi connectivity index (χ3n) is 2.14. The Balaban J connectivity index is 2.26. The molecule has 0 atom stereocenters. The number of halogens is 2. The van der Waals surface area contributed by atoms with Crippen molar-refractivity contribution in [2.45, 2.75) is 0 Å². The van der Waals surface area contributed by atoms with Crippen molar-refractivity contribution in [3.8, 4) is 0 Å². The Morgan fingerprint density at radius 3 is 2.44 bits per heavy atom. The second kappa shape index (κ2) is 4.76. The second-order valence-corrected chi connectivity index (χ2v) is 4.72. The quantitative estimate of drug-likeness (QED) is 0.805. The fourth-order valence-electron chi connectivity index (χ4n) is 1.33. The molecule has 2 rings (SSSR count). The van der Waals surface area contributed by atoms with Gasteiger partial charge in [-0.25, -0.2) is 0 Å². The van der Waals surface area contributed by atoms with Crippen molar-refractivity contribution >= 4 is 44.6 Å². The average Bonchev–Trinajstić information content (AvgIpc) is 2.27. The van der Waals surface area contributed by atoms with E-state index in [0.717, 1.165) is 15.8 Å². The summed E-state index contributed by atoms with van der Waals surface area (Å²) in [4.78, 5) is 0. The van der Waals surface area contributed by atoms with Crippen molar-refractivity contribution in [3.63, 3.8) is 0 Å². The Labute approximate surface area is 108 Å². The molecule has 0 aliphatic carbocycles. The van der Waals surface area contributed by atoms with Gasteiger partial charge in [0.05, 0.1) is 11.4 Å². The first-order valence-electron chi connectivity index (χ1n) is 4.73. The van der Waals surface area contributed by atoms with Gasteiger partial charge in [0.2, 0.25) is 0 Å². The number of anilines is 3. The predicted molar refractivity (Wildman–Crippen MR) is 73.3 cm³/mol. The molecule has 0 saturated carbocycles. The first kappa shape index (κ1) is 11.3. The van der Waals surface area contributed by atoms with E-state index in [1.807, 2.05) is 24.3 Å². The Hall–Kier alpha value is -1.19. The van der Waals surface area contributed by atoms with E-state index in [0.29, 0.717) is 10.7 Å². The summed E-state index contributed by atoms with van der Waals surface area (Å²) in [6.07, 6.45) is 0. The standard InChI is InChI=1S/C12H10BrClN2/c13-8-1-4-10(5-2-8)16-12-7-9(14)3-6-11(12)15/h1-7,16H,15H2. The fourth-order valence-corrected chi connectivity index (χ4v) is 1.76. The summed E-state index contributed by atoms with van der Waals surface area (Å²) in [5.74, 6) is 0. The summed E-state index contributed by atoms with van der Waals surface area (Å²) in [5.41, 5.74) is 8.29. The van der Waals surface area contributed by atoms with Crippen molar-refractivity contribution in [1.29, 1.82) is 0 Å². The highest BCUT2D eigenvalue weighted by atomic mass is 79.9. The first-order valence-corrected chi connectivity index (χ1v) is 5.90. The molecule has 82 valence electrons. The van der Waals surface area contributed by atoms with E-state index in [9.17, 15) is 0 Å². The van der Waals surface area contributed by atoms with Gasteiger partial charge in [0.1, 0.15) is 0 Å². The highest BCUT2D eigenvalue weighted by Gasteiger charge is 2.00. The molecular formula is C12H10BrClN2. The van der Waals surface area contributed by atoms with Crippen LogP contribution in [0, 0.1) is 0 Å². The van der Waals surface area contributed by atoms with Crippen LogP contribution in [0.25, 0.3) is 0 Å². The molecule has 0 radical (unpaired) electrons. The zero-order chi connectivity index (χ0) is 11.5. The summed E-state index contributed by atoms with van der Waals surface area (Å²) >= 11 is 9.29. The minimum absolute atomic E-state index is 0.661. The van der Waals surface area contributed by atoms with Crippen molar-refractivity contribution in [1.82, 2.24) is 0 Å². The van der Waals surface area contributed by atoms with Gasteiger partial charge in [0.15, 0.2) is 0 Å². The van der Waals surface area contributed by atoms with Crippen LogP contribution in [0.15, 0.2) is 46.9 Å². The van der Waals surface area contributed by atoms with Crippen LogP contribution < -0.4 is 11.1 Å². The highest BCUT2D eigenvalue weighted by Crippen LogP contribution is 2.26. The van der Waals surface area contributed by atoms with Gasteiger partial charge in [-0.2, -0.15) is 0 Å². The number of hydrogen-bond donors (Lipinski definition) is 2. The Morgan fingerprint density at radius 2 is 1.75 bits per heavy atom. The number of nitrogens with two attached hydrogens (primary N) is 1. The Kier molecular flexibility index (Phi) is 3.36. The molecule has 0 heterocycles. The van der Waals surface area contributed by atoms with E-state index in [4.69, 9.17) is 17.3 Å². The second-order valence-electron chi connectivity index (χ2n) is 3.36. The molecule has 2 aromatic rings. The lowest BCUT2D eigenvalue weighted by Crippen LogP contribution is -1.95. The van der Waals surface area contributed by atoms with Crippen molar-refractivity contribution in [3.05, 3.63) is 52.0 Å². The summed E-state index contributed by atoms with van der Waals surface area (Å²) in [6, 6.07) is 13.2. The smallest absolute Gasteiger partial charge is 0.0632 e. The van der Waals surface area contributed by atoms with Crippen LogP contribution in [-0.2, 0) is 0 Å². The van der Waals surface area contributed by atoms with E-state index in [1.165, 1.54) is 0 Å². The molecule has 0 spiro atoms. The third kappa shape index (κ3) is 2.68. The number of benzene rings is 2. The van der Waals surface area contributed by atoms with Gasteiger partial charge < -0.3 is 11.1 Å². The van der Waals surface area contributed by atoms with Gasteiger partial charge in [-0.05, 0) is 42.5 Å². The lowest BCUT2D eigenvalue weighted by molar-refractivity contribution is 1.53. The van der Waals surface area contributed by atoms with E-state index in [1.54, 1.807) is 18.2 Å². The maximum Gasteiger partial charge on any atom is 0.0632 e. The topological polar surface area (TPSA) is 38.0 Å². The molecule has 0 bridgehead atoms. The minimum Gasteiger partial charge on any atom is -0.397 e. The Bertz CT molecular complexity index is 497. The van der Waals surface area contributed by atoms with E-state index in [-0.39, 0.29) is 0 Å². The van der Waals surface area contributed by atoms with Crippen LogP contribution in [0.2, 0.25) is 5.02 Å². The monoisotopic (exact) mass is 296 g/mol. The number of rotatable bonds is 2. The summed E-state index contributed by atoms with van der Waals surface area (Å²) in [7, 11) is 0. The van der Waals surface area contributed by atoms with Gasteiger partial charge in [-0.3, -0.25) is 0 Å². The van der Waals surface area contributed by atoms with Gasteiger partial charge in [0, 0.05) is 15.2 Å². The summed E-state index contributed by atoms with van der Waals surface area (Å²) in [6.45, 7) is 0. The molecule has 2 nitrogen and oxygen atoms in total. The highest BCUT2D eigenvalue weighted by molar-refractivity contribution is 9.10. The number of nitrogen functional groups attached to an aromatic ring is 1. The van der Waals surface area contributed by atoms with Crippen LogP contribution >= 0.6 is 27.5 Å². The molecule has 16 heavy (non-hydrogen) atoms. The van der Waals surface area contributed by atoms with Crippen molar-refractivity contribution in [2.75, 3.05) is 11.1 Å². The maximum atomic E-state index is 5.91. The van der Waals surface area contributed by atoms with E-state index >= 15 is 0 Å². The molecule has 0 aromatic heterocycles. The minimum atomic E-state index is 0.661. The number of hydrogen-bond acceptors (Lipinski definition) is 2. The average molecular weight is 298 g/mol. The van der Waals surface area contributed by atoms with Crippen LogP contribution in [-0.4, -0.2) is 0 Å². The van der Waals surface area contributed by atoms with Crippen LogP contribution in [0.3, 0.4) is 0 Å². The normalized spacial score (nSPS) is 10.1. The van der Waals surface area contributed by atoms with Gasteiger partial charge in [-0.1, -0.05) is 27.5 Å². The molecule has 4 heteroatoms. The van der Waals surface area contributed by atoms with E-state index < -0.39 is 0 Å². The van der Waals surface area contributed by atoms with Gasteiger partial charge in [0.25, 0.3) is 0 Å². The molecule has 0 unspecified atom stereocenters. The molecule has 0 fully saturated rings. The predicted octanol–water partition coefficient (Wildman–Crippen LogP) is 4.43. The zero-order valence-corrected chi connectivity index (χ0v) is 10.7. The summed E-state index contributed by atoms with van der Waals surface area (Å²) in [5, 5.41) is 3.87. The molecule has 0 amide bonds. The van der Waals surface area contributed by atoms with Crippen molar-refractivity contribution in [2.24, 2.45) is 0 Å². The SMILES string of the molecule is Nc1ccc(Cl)cc1Nc1ccc(Br)cc1. The molecule has 0 saturated heterocycles. The lowest BCUT2D eigenvalue weighted by atomic mass is 10.2. The van der Waals surface area contributed by atoms with Crippen LogP contribution in [0.1, 0.15) is 0 Å². The molecule has 0 aliphatic rings. The first-order chi connectivity index (χ1) is 7.65. The number of nitrogens with one attached hydrogen (secondary N) is 1. The maximum absolute atomic E-state index is 5.91. The van der Waals surface area contributed by atoms with E-state index in [2.05, 4.69) is 21.2 Å². The molecule has 2 aromatic carbocycles. The lowest BCUT2D eigenvalue weighted by Gasteiger charge is -2.09. The third-order valence-corrected chi connectivity index (χ3v) is 2.90. The van der Waals surface area contributed by atoms with Crippen LogP contribution in [0.4, 0.5) is 17.1 Å². The Morgan fingerprint density at radius 1 is 1.06 bits per heavy atom. The van der Waals surface area contributed by atoms with Crippen molar-refractivity contribution < 1.29 is 0 Å². The van der Waals surface area contributed by atoms with Gasteiger partial charge in [-0.15, -0.1) is 0 Å².